The molecular weight excluding hydrogens is 625 g/mol. The molecule has 2 aromatic rings. The van der Waals surface area contributed by atoms with Crippen molar-refractivity contribution in [3.8, 4) is 5.75 Å². The van der Waals surface area contributed by atoms with Gasteiger partial charge in [-0.2, -0.15) is 4.31 Å². The van der Waals surface area contributed by atoms with Gasteiger partial charge in [0.1, 0.15) is 11.6 Å². The van der Waals surface area contributed by atoms with Crippen LogP contribution in [0.4, 0.5) is 10.1 Å². The average Bonchev–Trinajstić information content (AvgIpc) is 3.06. The lowest BCUT2D eigenvalue weighted by Gasteiger charge is -2.35. The Bertz CT molecular complexity index is 1450. The second-order valence-electron chi connectivity index (χ2n) is 13.1. The second kappa shape index (κ2) is 16.9. The van der Waals surface area contributed by atoms with Gasteiger partial charge in [0.2, 0.25) is 15.9 Å². The number of benzene rings is 2. The molecule has 2 aliphatic rings. The number of nitrogens with zero attached hydrogens (tertiary/aromatic N) is 2. The number of hydrogen-bond donors (Lipinski definition) is 2. The Morgan fingerprint density at radius 2 is 1.74 bits per heavy atom. The van der Waals surface area contributed by atoms with Crippen LogP contribution >= 0.6 is 0 Å². The van der Waals surface area contributed by atoms with Gasteiger partial charge in [0.25, 0.3) is 5.91 Å². The van der Waals surface area contributed by atoms with Crippen molar-refractivity contribution < 1.29 is 37.0 Å². The van der Waals surface area contributed by atoms with E-state index in [0.29, 0.717) is 24.5 Å². The van der Waals surface area contributed by atoms with Crippen molar-refractivity contribution >= 4 is 27.5 Å². The van der Waals surface area contributed by atoms with Crippen LogP contribution in [0.15, 0.2) is 47.4 Å². The van der Waals surface area contributed by atoms with Gasteiger partial charge >= 0.3 is 0 Å². The molecule has 12 heteroatoms. The maximum Gasteiger partial charge on any atom is 0.258 e. The van der Waals surface area contributed by atoms with E-state index in [4.69, 9.17) is 9.47 Å². The van der Waals surface area contributed by atoms with Gasteiger partial charge in [0, 0.05) is 44.3 Å². The molecule has 0 unspecified atom stereocenters. The second-order valence-corrected chi connectivity index (χ2v) is 15.1. The maximum atomic E-state index is 14.3. The fourth-order valence-electron chi connectivity index (χ4n) is 6.21. The van der Waals surface area contributed by atoms with Crippen LogP contribution in [-0.4, -0.2) is 86.1 Å². The molecule has 0 saturated heterocycles. The van der Waals surface area contributed by atoms with E-state index in [1.807, 2.05) is 13.8 Å². The number of carbonyl (C=O) groups is 2. The number of nitrogens with one attached hydrogen (secondary N) is 1. The van der Waals surface area contributed by atoms with Crippen molar-refractivity contribution in [3.63, 3.8) is 0 Å². The van der Waals surface area contributed by atoms with E-state index < -0.39 is 28.0 Å². The molecular formula is C35H50FN3O7S. The summed E-state index contributed by atoms with van der Waals surface area (Å²) < 4.78 is 53.9. The number of carbonyl (C=O) groups excluding carboxylic acids is 2. The van der Waals surface area contributed by atoms with Crippen molar-refractivity contribution in [1.82, 2.24) is 9.21 Å². The smallest absolute Gasteiger partial charge is 0.258 e. The normalized spacial score (nSPS) is 23.0. The Balaban J connectivity index is 1.62. The minimum absolute atomic E-state index is 0.00383. The first kappa shape index (κ1) is 36.8. The largest absolute Gasteiger partial charge is 0.490 e. The average molecular weight is 676 g/mol. The molecule has 1 aliphatic carbocycles. The number of anilines is 1. The van der Waals surface area contributed by atoms with Gasteiger partial charge in [-0.3, -0.25) is 9.59 Å². The molecule has 4 atom stereocenters. The number of halogens is 1. The number of fused-ring (bicyclic) bond motifs is 1. The molecule has 1 saturated carbocycles. The van der Waals surface area contributed by atoms with E-state index in [-0.39, 0.29) is 59.9 Å². The van der Waals surface area contributed by atoms with Crippen molar-refractivity contribution in [2.75, 3.05) is 38.7 Å². The molecule has 0 spiro atoms. The van der Waals surface area contributed by atoms with Crippen molar-refractivity contribution in [2.45, 2.75) is 95.3 Å². The third-order valence-electron chi connectivity index (χ3n) is 9.25. The van der Waals surface area contributed by atoms with E-state index in [9.17, 15) is 27.5 Å². The summed E-state index contributed by atoms with van der Waals surface area (Å²) in [5.74, 6) is -0.968. The van der Waals surface area contributed by atoms with Gasteiger partial charge < -0.3 is 24.8 Å². The molecule has 1 fully saturated rings. The number of hydrogen-bond acceptors (Lipinski definition) is 7. The molecule has 4 rings (SSSR count). The van der Waals surface area contributed by atoms with E-state index in [0.717, 1.165) is 57.1 Å². The molecule has 1 aliphatic heterocycles. The predicted octanol–water partition coefficient (Wildman–Crippen LogP) is 5.46. The van der Waals surface area contributed by atoms with Crippen LogP contribution in [0, 0.1) is 17.7 Å². The number of aliphatic hydroxyl groups is 1. The summed E-state index contributed by atoms with van der Waals surface area (Å²) in [5, 5.41) is 13.2. The van der Waals surface area contributed by atoms with Gasteiger partial charge in [0.05, 0.1) is 35.3 Å². The van der Waals surface area contributed by atoms with Gasteiger partial charge in [-0.15, -0.1) is 0 Å². The van der Waals surface area contributed by atoms with Gasteiger partial charge in [-0.05, 0) is 88.4 Å². The Morgan fingerprint density at radius 3 is 2.43 bits per heavy atom. The molecule has 0 aromatic heterocycles. The Morgan fingerprint density at radius 1 is 1.06 bits per heavy atom. The first-order valence-electron chi connectivity index (χ1n) is 16.8. The van der Waals surface area contributed by atoms with Crippen LogP contribution in [0.1, 0.15) is 82.5 Å². The summed E-state index contributed by atoms with van der Waals surface area (Å²) in [5.41, 5.74) is 0.778. The van der Waals surface area contributed by atoms with Crippen LogP contribution in [-0.2, 0) is 19.6 Å². The van der Waals surface area contributed by atoms with Crippen LogP contribution < -0.4 is 10.1 Å². The first-order valence-corrected chi connectivity index (χ1v) is 18.2. The van der Waals surface area contributed by atoms with E-state index >= 15 is 0 Å². The highest BCUT2D eigenvalue weighted by Gasteiger charge is 2.33. The molecule has 2 amide bonds. The summed E-state index contributed by atoms with van der Waals surface area (Å²) in [4.78, 5) is 28.9. The number of likely N-dealkylation sites (N-methyl/N-ethyl adjacent to an activating group) is 1. The third-order valence-corrected chi connectivity index (χ3v) is 11.1. The number of rotatable bonds is 8. The topological polar surface area (TPSA) is 125 Å². The third kappa shape index (κ3) is 9.74. The summed E-state index contributed by atoms with van der Waals surface area (Å²) in [7, 11) is -2.48. The lowest BCUT2D eigenvalue weighted by atomic mass is 9.88. The SMILES string of the molecule is C[C@@H]1CCCCO[C@@H](CN(C)S(=O)(=O)c2ccc(F)cc2)[C@@H](C)CN([C@@H](C)CO)C(=O)c2cc(NC(=O)C3CCCCC3)ccc2O1. The highest BCUT2D eigenvalue weighted by molar-refractivity contribution is 7.89. The quantitative estimate of drug-likeness (QED) is 0.381. The summed E-state index contributed by atoms with van der Waals surface area (Å²) in [6, 6.07) is 9.22. The summed E-state index contributed by atoms with van der Waals surface area (Å²) in [6.45, 7) is 5.82. The number of sulfonamides is 1. The summed E-state index contributed by atoms with van der Waals surface area (Å²) in [6.07, 6.45) is 6.29. The van der Waals surface area contributed by atoms with Crippen LogP contribution in [0.2, 0.25) is 0 Å². The minimum Gasteiger partial charge on any atom is -0.490 e. The number of aliphatic hydroxyl groups excluding tert-OH is 1. The standard InChI is InChI=1S/C35H50FN3O7S/c1-24-21-39(25(2)23-40)35(42)31-20-29(37-34(41)27-11-6-5-7-12-27)15-18-32(31)46-26(3)10-8-9-19-45-33(24)22-38(4)47(43,44)30-16-13-28(36)14-17-30/h13-18,20,24-27,33,40H,5-12,19,21-23H2,1-4H3,(H,37,41)/t24-,25-,26+,33-/m0/s1. The zero-order chi connectivity index (χ0) is 34.1. The number of amides is 2. The zero-order valence-electron chi connectivity index (χ0n) is 28.0. The van der Waals surface area contributed by atoms with Crippen LogP contribution in [0.25, 0.3) is 0 Å². The van der Waals surface area contributed by atoms with Crippen molar-refractivity contribution in [2.24, 2.45) is 11.8 Å². The van der Waals surface area contributed by atoms with Crippen LogP contribution in [0.5, 0.6) is 5.75 Å². The molecule has 0 bridgehead atoms. The maximum absolute atomic E-state index is 14.3. The van der Waals surface area contributed by atoms with Crippen molar-refractivity contribution in [3.05, 3.63) is 53.8 Å². The predicted molar refractivity (Wildman–Crippen MR) is 178 cm³/mol. The number of ether oxygens (including phenoxy) is 2. The summed E-state index contributed by atoms with van der Waals surface area (Å²) >= 11 is 0. The lowest BCUT2D eigenvalue weighted by Crippen LogP contribution is -2.48. The first-order chi connectivity index (χ1) is 22.4. The van der Waals surface area contributed by atoms with Crippen molar-refractivity contribution in [1.29, 1.82) is 0 Å². The fourth-order valence-corrected chi connectivity index (χ4v) is 7.39. The van der Waals surface area contributed by atoms with Gasteiger partial charge in [-0.1, -0.05) is 26.2 Å². The van der Waals surface area contributed by atoms with E-state index in [1.165, 1.54) is 23.5 Å². The van der Waals surface area contributed by atoms with Gasteiger partial charge in [-0.25, -0.2) is 12.8 Å². The Kier molecular flexibility index (Phi) is 13.2. The molecule has 260 valence electrons. The molecule has 47 heavy (non-hydrogen) atoms. The van der Waals surface area contributed by atoms with E-state index in [2.05, 4.69) is 5.32 Å². The Labute approximate surface area is 278 Å². The van der Waals surface area contributed by atoms with Crippen LogP contribution in [0.3, 0.4) is 0 Å². The minimum atomic E-state index is -3.94. The van der Waals surface area contributed by atoms with E-state index in [1.54, 1.807) is 30.0 Å². The Hall–Kier alpha value is -3.06. The molecule has 2 N–H and O–H groups in total. The highest BCUT2D eigenvalue weighted by atomic mass is 32.2. The molecule has 0 radical (unpaired) electrons. The van der Waals surface area contributed by atoms with Gasteiger partial charge in [0.15, 0.2) is 0 Å². The molecule has 1 heterocycles. The fraction of sp³-hybridized carbons (Fsp3) is 0.600. The zero-order valence-corrected chi connectivity index (χ0v) is 28.8. The highest BCUT2D eigenvalue weighted by Crippen LogP contribution is 2.30. The molecule has 2 aromatic carbocycles. The lowest BCUT2D eigenvalue weighted by molar-refractivity contribution is -0.120. The molecule has 10 nitrogen and oxygen atoms in total. The monoisotopic (exact) mass is 675 g/mol.